The largest absolute Gasteiger partial charge is 0.497 e. The van der Waals surface area contributed by atoms with Gasteiger partial charge in [0.25, 0.3) is 0 Å². The third-order valence-corrected chi connectivity index (χ3v) is 7.37. The summed E-state index contributed by atoms with van der Waals surface area (Å²) in [6, 6.07) is 23.3. The van der Waals surface area contributed by atoms with Crippen molar-refractivity contribution < 1.29 is 19.0 Å². The fourth-order valence-corrected chi connectivity index (χ4v) is 5.49. The minimum Gasteiger partial charge on any atom is -0.497 e. The second kappa shape index (κ2) is 12.0. The molecule has 4 aromatic rings. The summed E-state index contributed by atoms with van der Waals surface area (Å²) in [7, 11) is 3.33. The Bertz CT molecular complexity index is 1440. The number of nitrogens with zero attached hydrogens (tertiary/aromatic N) is 3. The predicted molar refractivity (Wildman–Crippen MR) is 149 cm³/mol. The van der Waals surface area contributed by atoms with Gasteiger partial charge in [0.05, 0.1) is 25.6 Å². The molecule has 0 atom stereocenters. The van der Waals surface area contributed by atoms with Crippen molar-refractivity contribution in [3.05, 3.63) is 83.0 Å². The summed E-state index contributed by atoms with van der Waals surface area (Å²) < 4.78 is 19.3. The molecule has 5 rings (SSSR count). The lowest BCUT2D eigenvalue weighted by Gasteiger charge is -2.17. The van der Waals surface area contributed by atoms with Crippen LogP contribution in [0, 0.1) is 0 Å². The van der Waals surface area contributed by atoms with Crippen molar-refractivity contribution in [1.82, 2.24) is 9.47 Å². The number of carbonyl (C=O) groups is 1. The summed E-state index contributed by atoms with van der Waals surface area (Å²) in [5.74, 6) is 3.32. The van der Waals surface area contributed by atoms with Crippen LogP contribution in [0.25, 0.3) is 11.3 Å². The van der Waals surface area contributed by atoms with E-state index >= 15 is 0 Å². The summed E-state index contributed by atoms with van der Waals surface area (Å²) in [5.41, 5.74) is 2.77. The zero-order valence-corrected chi connectivity index (χ0v) is 22.4. The molecule has 1 saturated heterocycles. The van der Waals surface area contributed by atoms with E-state index in [0.717, 1.165) is 77.2 Å². The number of hydrogen-bond donors (Lipinski definition) is 0. The standard InChI is InChI=1S/C30H31N3O4S/c1-35-25-15-16-28(36-2)26(20-25)27-21-38-30(33(27)19-7-18-32-17-6-10-29(32)34)31-22-11-13-24(14-12-22)37-23-8-4-3-5-9-23/h3-5,8-9,11-16,20-21H,6-7,10,17-19H2,1-2H3. The van der Waals surface area contributed by atoms with Crippen LogP contribution in [-0.2, 0) is 11.3 Å². The molecule has 0 spiro atoms. The molecule has 0 unspecified atom stereocenters. The van der Waals surface area contributed by atoms with Crippen LogP contribution in [0.3, 0.4) is 0 Å². The Labute approximate surface area is 226 Å². The second-order valence-corrected chi connectivity index (χ2v) is 9.82. The fraction of sp³-hybridized carbons (Fsp3) is 0.267. The van der Waals surface area contributed by atoms with Gasteiger partial charge in [0.2, 0.25) is 5.91 Å². The number of benzene rings is 3. The van der Waals surface area contributed by atoms with Gasteiger partial charge < -0.3 is 23.7 Å². The van der Waals surface area contributed by atoms with Crippen molar-refractivity contribution in [2.24, 2.45) is 4.99 Å². The van der Waals surface area contributed by atoms with Crippen molar-refractivity contribution in [3.8, 4) is 34.3 Å². The van der Waals surface area contributed by atoms with Gasteiger partial charge in [-0.3, -0.25) is 4.79 Å². The van der Waals surface area contributed by atoms with E-state index in [4.69, 9.17) is 19.2 Å². The van der Waals surface area contributed by atoms with Crippen LogP contribution in [0.2, 0.25) is 0 Å². The molecule has 0 radical (unpaired) electrons. The van der Waals surface area contributed by atoms with E-state index in [9.17, 15) is 4.79 Å². The fourth-order valence-electron chi connectivity index (χ4n) is 4.55. The number of amides is 1. The van der Waals surface area contributed by atoms with Crippen LogP contribution in [-0.4, -0.2) is 42.7 Å². The van der Waals surface area contributed by atoms with Crippen LogP contribution in [0.4, 0.5) is 5.69 Å². The van der Waals surface area contributed by atoms with E-state index in [1.807, 2.05) is 77.7 Å². The molecule has 0 saturated carbocycles. The van der Waals surface area contributed by atoms with Gasteiger partial charge in [0.15, 0.2) is 4.80 Å². The third-order valence-electron chi connectivity index (χ3n) is 6.50. The Hall–Kier alpha value is -4.04. The van der Waals surface area contributed by atoms with E-state index in [1.54, 1.807) is 25.6 Å². The first kappa shape index (κ1) is 25.6. The topological polar surface area (TPSA) is 65.3 Å². The van der Waals surface area contributed by atoms with E-state index in [-0.39, 0.29) is 5.91 Å². The zero-order chi connectivity index (χ0) is 26.3. The van der Waals surface area contributed by atoms with Crippen LogP contribution in [0.15, 0.2) is 83.2 Å². The van der Waals surface area contributed by atoms with Crippen LogP contribution in [0.1, 0.15) is 19.3 Å². The molecule has 1 amide bonds. The van der Waals surface area contributed by atoms with Crippen LogP contribution in [0.5, 0.6) is 23.0 Å². The lowest BCUT2D eigenvalue weighted by molar-refractivity contribution is -0.127. The van der Waals surface area contributed by atoms with E-state index < -0.39 is 0 Å². The molecule has 0 N–H and O–H groups in total. The van der Waals surface area contributed by atoms with Crippen molar-refractivity contribution in [2.45, 2.75) is 25.8 Å². The van der Waals surface area contributed by atoms with E-state index in [1.165, 1.54) is 0 Å². The minimum absolute atomic E-state index is 0.248. The Morgan fingerprint density at radius 3 is 2.37 bits per heavy atom. The molecule has 3 aromatic carbocycles. The molecule has 1 aliphatic heterocycles. The minimum atomic E-state index is 0.248. The molecule has 7 nitrogen and oxygen atoms in total. The molecule has 196 valence electrons. The molecule has 0 bridgehead atoms. The van der Waals surface area contributed by atoms with Gasteiger partial charge in [0, 0.05) is 37.0 Å². The number of hydrogen-bond acceptors (Lipinski definition) is 6. The Morgan fingerprint density at radius 2 is 1.66 bits per heavy atom. The molecule has 0 aliphatic carbocycles. The quantitative estimate of drug-likeness (QED) is 0.243. The highest BCUT2D eigenvalue weighted by atomic mass is 32.1. The van der Waals surface area contributed by atoms with Crippen molar-refractivity contribution in [2.75, 3.05) is 27.3 Å². The Kier molecular flexibility index (Phi) is 8.09. The van der Waals surface area contributed by atoms with Crippen LogP contribution < -0.4 is 19.0 Å². The highest BCUT2D eigenvalue weighted by Gasteiger charge is 2.20. The number of thiazole rings is 1. The molecule has 38 heavy (non-hydrogen) atoms. The first-order valence-electron chi connectivity index (χ1n) is 12.7. The van der Waals surface area contributed by atoms with E-state index in [2.05, 4.69) is 9.95 Å². The molecular formula is C30H31N3O4S. The molecule has 1 aliphatic rings. The van der Waals surface area contributed by atoms with Gasteiger partial charge in [-0.25, -0.2) is 4.99 Å². The maximum absolute atomic E-state index is 12.1. The molecule has 8 heteroatoms. The van der Waals surface area contributed by atoms with Crippen molar-refractivity contribution >= 4 is 22.9 Å². The SMILES string of the molecule is COc1ccc(OC)c(-c2csc(=Nc3ccc(Oc4ccccc4)cc3)n2CCCN2CCCC2=O)c1. The summed E-state index contributed by atoms with van der Waals surface area (Å²) in [4.78, 5) is 19.9. The third kappa shape index (κ3) is 5.92. The van der Waals surface area contributed by atoms with Gasteiger partial charge in [-0.1, -0.05) is 18.2 Å². The zero-order valence-electron chi connectivity index (χ0n) is 21.6. The highest BCUT2D eigenvalue weighted by Crippen LogP contribution is 2.34. The summed E-state index contributed by atoms with van der Waals surface area (Å²) in [6.45, 7) is 2.30. The van der Waals surface area contributed by atoms with Gasteiger partial charge in [-0.2, -0.15) is 0 Å². The predicted octanol–water partition coefficient (Wildman–Crippen LogP) is 6.27. The second-order valence-electron chi connectivity index (χ2n) is 8.98. The average molecular weight is 530 g/mol. The van der Waals surface area contributed by atoms with Gasteiger partial charge in [-0.15, -0.1) is 11.3 Å². The lowest BCUT2D eigenvalue weighted by Crippen LogP contribution is -2.27. The van der Waals surface area contributed by atoms with Gasteiger partial charge in [-0.05, 0) is 67.4 Å². The average Bonchev–Trinajstić information content (AvgIpc) is 3.55. The number of likely N-dealkylation sites (tertiary alicyclic amines) is 1. The molecule has 1 aromatic heterocycles. The van der Waals surface area contributed by atoms with E-state index in [0.29, 0.717) is 6.42 Å². The number of aromatic nitrogens is 1. The number of rotatable bonds is 10. The van der Waals surface area contributed by atoms with Gasteiger partial charge in [0.1, 0.15) is 23.0 Å². The molecular weight excluding hydrogens is 498 g/mol. The first-order chi connectivity index (χ1) is 18.6. The molecule has 1 fully saturated rings. The monoisotopic (exact) mass is 529 g/mol. The van der Waals surface area contributed by atoms with Gasteiger partial charge >= 0.3 is 0 Å². The van der Waals surface area contributed by atoms with Crippen molar-refractivity contribution in [3.63, 3.8) is 0 Å². The smallest absolute Gasteiger partial charge is 0.222 e. The summed E-state index contributed by atoms with van der Waals surface area (Å²) in [6.07, 6.45) is 2.43. The number of methoxy groups -OCH3 is 2. The highest BCUT2D eigenvalue weighted by molar-refractivity contribution is 7.07. The first-order valence-corrected chi connectivity index (χ1v) is 13.6. The Balaban J connectivity index is 1.46. The number of para-hydroxylation sites is 1. The molecule has 2 heterocycles. The maximum Gasteiger partial charge on any atom is 0.222 e. The normalized spacial score (nSPS) is 13.7. The van der Waals surface area contributed by atoms with Crippen LogP contribution >= 0.6 is 11.3 Å². The lowest BCUT2D eigenvalue weighted by atomic mass is 10.1. The van der Waals surface area contributed by atoms with Crippen molar-refractivity contribution in [1.29, 1.82) is 0 Å². The number of ether oxygens (including phenoxy) is 3. The maximum atomic E-state index is 12.1. The summed E-state index contributed by atoms with van der Waals surface area (Å²) in [5, 5.41) is 2.10. The number of carbonyl (C=O) groups excluding carboxylic acids is 1. The summed E-state index contributed by atoms with van der Waals surface area (Å²) >= 11 is 1.58. The Morgan fingerprint density at radius 1 is 0.895 bits per heavy atom.